The molecule has 1 heterocycles. The Morgan fingerprint density at radius 2 is 1.09 bits per heavy atom. The lowest BCUT2D eigenvalue weighted by Gasteiger charge is -2.12. The fourth-order valence-corrected chi connectivity index (χ4v) is 2.58. The van der Waals surface area contributed by atoms with E-state index in [9.17, 15) is 25.0 Å². The van der Waals surface area contributed by atoms with Gasteiger partial charge in [0.2, 0.25) is 0 Å². The van der Waals surface area contributed by atoms with Crippen LogP contribution in [0, 0.1) is 20.2 Å². The van der Waals surface area contributed by atoms with Crippen LogP contribution in [0.4, 0.5) is 11.4 Å². The zero-order valence-corrected chi connectivity index (χ0v) is 18.6. The van der Waals surface area contributed by atoms with E-state index in [4.69, 9.17) is 28.8 Å². The van der Waals surface area contributed by atoms with E-state index in [-0.39, 0.29) is 5.48 Å². The van der Waals surface area contributed by atoms with Crippen molar-refractivity contribution >= 4 is 17.3 Å². The maximum atomic E-state index is 10.5. The van der Waals surface area contributed by atoms with E-state index in [0.717, 1.165) is 23.6 Å². The van der Waals surface area contributed by atoms with Gasteiger partial charge < -0.3 is 34.3 Å². The molecule has 14 heteroatoms. The van der Waals surface area contributed by atoms with Crippen molar-refractivity contribution in [2.75, 3.05) is 52.9 Å². The van der Waals surface area contributed by atoms with Gasteiger partial charge in [-0.2, -0.15) is 0 Å². The van der Waals surface area contributed by atoms with Crippen molar-refractivity contribution in [1.82, 2.24) is 0 Å². The molecule has 0 amide bonds. The second kappa shape index (κ2) is 15.9. The van der Waals surface area contributed by atoms with Gasteiger partial charge in [-0.15, -0.1) is 0 Å². The largest absolute Gasteiger partial charge is 0.487 e. The second-order valence-electron chi connectivity index (χ2n) is 6.54. The first-order valence-corrected chi connectivity index (χ1v) is 10.1. The first-order valence-electron chi connectivity index (χ1n) is 10.1. The Kier molecular flexibility index (Phi) is 13.3. The van der Waals surface area contributed by atoms with Gasteiger partial charge in [-0.1, -0.05) is 12.1 Å². The minimum atomic E-state index is -1.46. The van der Waals surface area contributed by atoms with Crippen molar-refractivity contribution in [3.05, 3.63) is 68.3 Å². The van der Waals surface area contributed by atoms with Crippen LogP contribution >= 0.6 is 0 Å². The summed E-state index contributed by atoms with van der Waals surface area (Å²) in [5.41, 5.74) is -1.74. The van der Waals surface area contributed by atoms with Gasteiger partial charge in [0.15, 0.2) is 11.5 Å². The number of carbonyl (C=O) groups is 1. The van der Waals surface area contributed by atoms with Crippen LogP contribution in [0.3, 0.4) is 0 Å². The van der Waals surface area contributed by atoms with Crippen molar-refractivity contribution in [2.45, 2.75) is 0 Å². The number of hydrogen-bond donors (Lipinski definition) is 1. The van der Waals surface area contributed by atoms with Crippen molar-refractivity contribution in [1.29, 1.82) is 0 Å². The number of carboxylic acids is 1. The Morgan fingerprint density at radius 1 is 0.714 bits per heavy atom. The van der Waals surface area contributed by atoms with Gasteiger partial charge in [-0.3, -0.25) is 20.2 Å². The normalized spacial score (nSPS) is 14.5. The molecule has 3 N–H and O–H groups in total. The Hall–Kier alpha value is -3.85. The number of nitro groups is 2. The molecular weight excluding hydrogens is 472 g/mol. The first kappa shape index (κ1) is 29.2. The topological polar surface area (TPSA) is 201 Å². The van der Waals surface area contributed by atoms with E-state index in [1.165, 1.54) is 0 Å². The Bertz CT molecular complexity index is 857. The Labute approximate surface area is 199 Å². The monoisotopic (exact) mass is 498 g/mol. The summed E-state index contributed by atoms with van der Waals surface area (Å²) >= 11 is 0. The number of rotatable bonds is 3. The fourth-order valence-electron chi connectivity index (χ4n) is 2.58. The van der Waals surface area contributed by atoms with E-state index in [2.05, 4.69) is 0 Å². The highest BCUT2D eigenvalue weighted by Gasteiger charge is 2.19. The maximum Gasteiger partial charge on any atom is 0.336 e. The van der Waals surface area contributed by atoms with Crippen LogP contribution in [0.25, 0.3) is 0 Å². The number of para-hydroxylation sites is 2. The van der Waals surface area contributed by atoms with Crippen molar-refractivity contribution in [3.63, 3.8) is 0 Å². The average molecular weight is 498 g/mol. The van der Waals surface area contributed by atoms with E-state index in [0.29, 0.717) is 58.9 Å². The van der Waals surface area contributed by atoms with Crippen LogP contribution in [0.1, 0.15) is 10.4 Å². The van der Waals surface area contributed by atoms with Crippen molar-refractivity contribution in [3.8, 4) is 11.5 Å². The van der Waals surface area contributed by atoms with Crippen LogP contribution in [0.2, 0.25) is 0 Å². The molecule has 0 radical (unpaired) electrons. The summed E-state index contributed by atoms with van der Waals surface area (Å²) in [6, 6.07) is 9.83. The SMILES string of the molecule is O.O=C(O)c1cc([N+](=O)[O-])cc([N+](=O)[O-])c1.c1ccc2c(c1)OCCOCCOCCOCCO2. The molecule has 0 aliphatic carbocycles. The van der Waals surface area contributed by atoms with Crippen LogP contribution in [0.15, 0.2) is 42.5 Å². The number of fused-ring (bicyclic) bond motifs is 1. The van der Waals surface area contributed by atoms with Gasteiger partial charge in [0.25, 0.3) is 11.4 Å². The van der Waals surface area contributed by atoms with Gasteiger partial charge in [0.1, 0.15) is 13.2 Å². The third-order valence-corrected chi connectivity index (χ3v) is 4.13. The lowest BCUT2D eigenvalue weighted by atomic mass is 10.2. The molecule has 0 bridgehead atoms. The molecule has 192 valence electrons. The summed E-state index contributed by atoms with van der Waals surface area (Å²) in [7, 11) is 0. The highest BCUT2D eigenvalue weighted by molar-refractivity contribution is 5.89. The molecule has 14 nitrogen and oxygen atoms in total. The molecule has 1 aliphatic rings. The summed E-state index contributed by atoms with van der Waals surface area (Å²) in [6.45, 7) is 4.37. The van der Waals surface area contributed by atoms with Gasteiger partial charge in [-0.05, 0) is 12.1 Å². The average Bonchev–Trinajstić information content (AvgIpc) is 2.83. The molecule has 0 saturated carbocycles. The smallest absolute Gasteiger partial charge is 0.336 e. The van der Waals surface area contributed by atoms with E-state index >= 15 is 0 Å². The molecular formula is C21H26N2O12. The highest BCUT2D eigenvalue weighted by atomic mass is 16.6. The molecule has 0 atom stereocenters. The predicted molar refractivity (Wildman–Crippen MR) is 120 cm³/mol. The maximum absolute atomic E-state index is 10.5. The van der Waals surface area contributed by atoms with Crippen molar-refractivity contribution in [2.24, 2.45) is 0 Å². The van der Waals surface area contributed by atoms with Crippen LogP contribution in [0.5, 0.6) is 11.5 Å². The third-order valence-electron chi connectivity index (χ3n) is 4.13. The number of nitrogens with zero attached hydrogens (tertiary/aromatic N) is 2. The van der Waals surface area contributed by atoms with E-state index in [1.807, 2.05) is 24.3 Å². The van der Waals surface area contributed by atoms with Crippen LogP contribution in [-0.2, 0) is 14.2 Å². The number of nitro benzene ring substituents is 2. The summed E-state index contributed by atoms with van der Waals surface area (Å²) in [6.07, 6.45) is 0. The molecule has 0 saturated heterocycles. The quantitative estimate of drug-likeness (QED) is 0.478. The van der Waals surface area contributed by atoms with Crippen molar-refractivity contribution < 1.29 is 48.9 Å². The molecule has 1 aliphatic heterocycles. The molecule has 2 aromatic rings. The lowest BCUT2D eigenvalue weighted by molar-refractivity contribution is -0.394. The summed E-state index contributed by atoms with van der Waals surface area (Å²) < 4.78 is 27.4. The Balaban J connectivity index is 0.000000350. The number of carboxylic acid groups (broad SMARTS) is 1. The summed E-state index contributed by atoms with van der Waals surface area (Å²) in [5, 5.41) is 29.2. The van der Waals surface area contributed by atoms with Gasteiger partial charge >= 0.3 is 5.97 Å². The molecule has 0 spiro atoms. The van der Waals surface area contributed by atoms with Gasteiger partial charge in [0, 0.05) is 12.1 Å². The lowest BCUT2D eigenvalue weighted by Crippen LogP contribution is -2.13. The molecule has 2 aromatic carbocycles. The zero-order valence-electron chi connectivity index (χ0n) is 18.6. The first-order chi connectivity index (χ1) is 16.4. The molecule has 3 rings (SSSR count). The number of ether oxygens (including phenoxy) is 5. The third kappa shape index (κ3) is 10.7. The van der Waals surface area contributed by atoms with E-state index in [1.54, 1.807) is 0 Å². The number of benzene rings is 2. The van der Waals surface area contributed by atoms with Gasteiger partial charge in [0.05, 0.1) is 61.1 Å². The number of hydrogen-bond acceptors (Lipinski definition) is 10. The van der Waals surface area contributed by atoms with Gasteiger partial charge in [-0.25, -0.2) is 4.79 Å². The summed E-state index contributed by atoms with van der Waals surface area (Å²) in [5.74, 6) is 0.0104. The molecule has 35 heavy (non-hydrogen) atoms. The Morgan fingerprint density at radius 3 is 1.43 bits per heavy atom. The minimum absolute atomic E-state index is 0. The molecule has 0 unspecified atom stereocenters. The number of aromatic carboxylic acids is 1. The standard InChI is InChI=1S/C14H20O5.C7H4N2O6.H2O/c1-2-4-14-13(3-1)18-11-9-16-7-5-15-6-8-17-10-12-19-14;10-7(11)4-1-5(8(12)13)3-6(2-4)9(14)15;/h1-4H,5-12H2;1-3H,(H,10,11);1H2. The van der Waals surface area contributed by atoms with E-state index < -0.39 is 32.8 Å². The van der Waals surface area contributed by atoms with Crippen LogP contribution in [-0.4, -0.2) is 79.3 Å². The second-order valence-corrected chi connectivity index (χ2v) is 6.54. The molecule has 0 aromatic heterocycles. The highest BCUT2D eigenvalue weighted by Crippen LogP contribution is 2.26. The van der Waals surface area contributed by atoms with Crippen LogP contribution < -0.4 is 9.47 Å². The minimum Gasteiger partial charge on any atom is -0.487 e. The summed E-state index contributed by atoms with van der Waals surface area (Å²) in [4.78, 5) is 29.4. The number of non-ortho nitro benzene ring substituents is 2. The zero-order chi connectivity index (χ0) is 24.8. The fraction of sp³-hybridized carbons (Fsp3) is 0.381. The molecule has 0 fully saturated rings. The predicted octanol–water partition coefficient (Wildman–Crippen LogP) is 1.88.